The van der Waals surface area contributed by atoms with Crippen molar-refractivity contribution < 1.29 is 24.1 Å². The highest BCUT2D eigenvalue weighted by atomic mass is 79.9. The number of carbonyl (C=O) groups is 1. The number of nitrogens with one attached hydrogen (secondary N) is 1. The maximum absolute atomic E-state index is 13.9. The van der Waals surface area contributed by atoms with Crippen LogP contribution in [0.3, 0.4) is 0 Å². The molecule has 1 aromatic carbocycles. The predicted molar refractivity (Wildman–Crippen MR) is 88.9 cm³/mol. The Hall–Kier alpha value is -0.890. The lowest BCUT2D eigenvalue weighted by molar-refractivity contribution is 0.00994. The lowest BCUT2D eigenvalue weighted by Crippen LogP contribution is -2.34. The largest absolute Gasteiger partial charge is 0.444 e. The molecular formula is C15H20BrClFNO4. The van der Waals surface area contributed by atoms with Gasteiger partial charge in [0.1, 0.15) is 17.5 Å². The van der Waals surface area contributed by atoms with Crippen molar-refractivity contribution >= 4 is 33.6 Å². The predicted octanol–water partition coefficient (Wildman–Crippen LogP) is 3.55. The molecule has 0 radical (unpaired) electrons. The average molecular weight is 413 g/mol. The number of amides is 1. The molecule has 2 atom stereocenters. The van der Waals surface area contributed by atoms with Crippen LogP contribution in [0.15, 0.2) is 16.6 Å². The van der Waals surface area contributed by atoms with Gasteiger partial charge in [0, 0.05) is 21.6 Å². The summed E-state index contributed by atoms with van der Waals surface area (Å²) in [6, 6.07) is 2.48. The van der Waals surface area contributed by atoms with Gasteiger partial charge in [0.25, 0.3) is 0 Å². The summed E-state index contributed by atoms with van der Waals surface area (Å²) in [4.78, 5) is 11.5. The van der Waals surface area contributed by atoms with Gasteiger partial charge in [0.15, 0.2) is 0 Å². The van der Waals surface area contributed by atoms with Crippen LogP contribution in [0.25, 0.3) is 0 Å². The quantitative estimate of drug-likeness (QED) is 0.691. The minimum atomic E-state index is -1.46. The number of benzene rings is 1. The average Bonchev–Trinajstić information content (AvgIpc) is 2.34. The zero-order valence-electron chi connectivity index (χ0n) is 13.1. The number of rotatable bonds is 5. The first-order valence-electron chi connectivity index (χ1n) is 6.98. The number of hydrogen-bond acceptors (Lipinski definition) is 4. The van der Waals surface area contributed by atoms with Crippen LogP contribution in [0, 0.1) is 5.82 Å². The Bertz CT molecular complexity index is 542. The molecule has 0 heterocycles. The summed E-state index contributed by atoms with van der Waals surface area (Å²) in [5, 5.41) is 22.7. The third-order valence-electron chi connectivity index (χ3n) is 2.81. The topological polar surface area (TPSA) is 78.8 Å². The first-order chi connectivity index (χ1) is 10.5. The number of halogens is 3. The van der Waals surface area contributed by atoms with E-state index in [1.807, 2.05) is 0 Å². The SMILES string of the molecule is CC(C)(C)OC(=O)NCCC(O)C(O)c1c(F)cc(Cl)cc1Br. The Morgan fingerprint density at radius 3 is 2.57 bits per heavy atom. The molecule has 1 rings (SSSR count). The van der Waals surface area contributed by atoms with Gasteiger partial charge in [-0.15, -0.1) is 0 Å². The fourth-order valence-electron chi connectivity index (χ4n) is 1.82. The van der Waals surface area contributed by atoms with E-state index in [-0.39, 0.29) is 28.0 Å². The minimum absolute atomic E-state index is 0.0227. The van der Waals surface area contributed by atoms with Crippen LogP contribution < -0.4 is 5.32 Å². The van der Waals surface area contributed by atoms with Crippen molar-refractivity contribution in [3.05, 3.63) is 33.0 Å². The molecule has 0 saturated heterocycles. The highest BCUT2D eigenvalue weighted by Crippen LogP contribution is 2.32. The Kier molecular flexibility index (Phi) is 7.26. The summed E-state index contributed by atoms with van der Waals surface area (Å²) in [5.41, 5.74) is -0.710. The lowest BCUT2D eigenvalue weighted by atomic mass is 10.0. The number of ether oxygens (including phenoxy) is 1. The van der Waals surface area contributed by atoms with Crippen LogP contribution in [0.1, 0.15) is 38.9 Å². The monoisotopic (exact) mass is 411 g/mol. The molecule has 0 saturated carbocycles. The fraction of sp³-hybridized carbons (Fsp3) is 0.533. The van der Waals surface area contributed by atoms with Crippen LogP contribution in [-0.4, -0.2) is 34.6 Å². The first kappa shape index (κ1) is 20.2. The molecule has 0 fully saturated rings. The molecule has 0 aliphatic heterocycles. The second kappa shape index (κ2) is 8.28. The summed E-state index contributed by atoms with van der Waals surface area (Å²) in [7, 11) is 0. The molecule has 1 amide bonds. The molecule has 8 heteroatoms. The van der Waals surface area contributed by atoms with Crippen molar-refractivity contribution in [2.75, 3.05) is 6.54 Å². The van der Waals surface area contributed by atoms with Gasteiger partial charge in [-0.1, -0.05) is 27.5 Å². The normalized spacial score (nSPS) is 14.3. The van der Waals surface area contributed by atoms with Crippen LogP contribution >= 0.6 is 27.5 Å². The van der Waals surface area contributed by atoms with Gasteiger partial charge in [-0.3, -0.25) is 0 Å². The Morgan fingerprint density at radius 2 is 2.04 bits per heavy atom. The third-order valence-corrected chi connectivity index (χ3v) is 3.69. The van der Waals surface area contributed by atoms with Crippen molar-refractivity contribution in [3.8, 4) is 0 Å². The molecule has 0 aliphatic rings. The van der Waals surface area contributed by atoms with E-state index in [4.69, 9.17) is 16.3 Å². The summed E-state index contributed by atoms with van der Waals surface area (Å²) in [5.74, 6) is -0.726. The van der Waals surface area contributed by atoms with Crippen molar-refractivity contribution in [1.29, 1.82) is 0 Å². The van der Waals surface area contributed by atoms with Gasteiger partial charge in [-0.2, -0.15) is 0 Å². The second-order valence-corrected chi connectivity index (χ2v) is 7.30. The van der Waals surface area contributed by atoms with Gasteiger partial charge in [-0.25, -0.2) is 9.18 Å². The van der Waals surface area contributed by atoms with E-state index in [9.17, 15) is 19.4 Å². The minimum Gasteiger partial charge on any atom is -0.444 e. The molecular weight excluding hydrogens is 393 g/mol. The number of aliphatic hydroxyl groups is 2. The zero-order valence-corrected chi connectivity index (χ0v) is 15.4. The molecule has 1 aromatic rings. The number of carbonyl (C=O) groups excluding carboxylic acids is 1. The highest BCUT2D eigenvalue weighted by Gasteiger charge is 2.25. The van der Waals surface area contributed by atoms with E-state index >= 15 is 0 Å². The Labute approximate surface area is 147 Å². The molecule has 3 N–H and O–H groups in total. The maximum Gasteiger partial charge on any atom is 0.407 e. The molecule has 2 unspecified atom stereocenters. The van der Waals surface area contributed by atoms with Gasteiger partial charge >= 0.3 is 6.09 Å². The molecule has 0 aromatic heterocycles. The van der Waals surface area contributed by atoms with E-state index in [0.717, 1.165) is 6.07 Å². The molecule has 23 heavy (non-hydrogen) atoms. The summed E-state index contributed by atoms with van der Waals surface area (Å²) in [6.45, 7) is 5.25. The highest BCUT2D eigenvalue weighted by molar-refractivity contribution is 9.10. The summed E-state index contributed by atoms with van der Waals surface area (Å²) in [6.07, 6.45) is -3.33. The van der Waals surface area contributed by atoms with E-state index in [0.29, 0.717) is 0 Å². The standard InChI is InChI=1S/C15H20BrClFNO4/c1-15(2,3)23-14(22)19-5-4-11(20)13(21)12-9(16)6-8(17)7-10(12)18/h6-7,11,13,20-21H,4-5H2,1-3H3,(H,19,22). The van der Waals surface area contributed by atoms with Crippen molar-refractivity contribution in [2.45, 2.75) is 45.0 Å². The summed E-state index contributed by atoms with van der Waals surface area (Å²) >= 11 is 8.81. The van der Waals surface area contributed by atoms with Gasteiger partial charge in [0.05, 0.1) is 6.10 Å². The van der Waals surface area contributed by atoms with Gasteiger partial charge in [-0.05, 0) is 39.3 Å². The van der Waals surface area contributed by atoms with Crippen LogP contribution in [0.4, 0.5) is 9.18 Å². The van der Waals surface area contributed by atoms with Crippen LogP contribution in [-0.2, 0) is 4.74 Å². The van der Waals surface area contributed by atoms with E-state index in [2.05, 4.69) is 21.2 Å². The molecule has 0 bridgehead atoms. The summed E-state index contributed by atoms with van der Waals surface area (Å²) < 4.78 is 19.2. The molecule has 0 spiro atoms. The van der Waals surface area contributed by atoms with Crippen molar-refractivity contribution in [1.82, 2.24) is 5.32 Å². The second-order valence-electron chi connectivity index (χ2n) is 6.01. The number of aliphatic hydroxyl groups excluding tert-OH is 2. The van der Waals surface area contributed by atoms with Crippen LogP contribution in [0.2, 0.25) is 5.02 Å². The van der Waals surface area contributed by atoms with Crippen LogP contribution in [0.5, 0.6) is 0 Å². The lowest BCUT2D eigenvalue weighted by Gasteiger charge is -2.22. The van der Waals surface area contributed by atoms with E-state index in [1.165, 1.54) is 6.07 Å². The van der Waals surface area contributed by atoms with Gasteiger partial charge in [0.2, 0.25) is 0 Å². The maximum atomic E-state index is 13.9. The number of alkyl carbamates (subject to hydrolysis) is 1. The fourth-order valence-corrected chi connectivity index (χ4v) is 2.83. The third kappa shape index (κ3) is 6.63. The molecule has 0 aliphatic carbocycles. The van der Waals surface area contributed by atoms with Crippen molar-refractivity contribution in [2.24, 2.45) is 0 Å². The Morgan fingerprint density at radius 1 is 1.43 bits per heavy atom. The van der Waals surface area contributed by atoms with E-state index in [1.54, 1.807) is 20.8 Å². The Balaban J connectivity index is 2.59. The zero-order chi connectivity index (χ0) is 17.8. The molecule has 5 nitrogen and oxygen atoms in total. The first-order valence-corrected chi connectivity index (χ1v) is 8.16. The smallest absolute Gasteiger partial charge is 0.407 e. The van der Waals surface area contributed by atoms with Crippen molar-refractivity contribution in [3.63, 3.8) is 0 Å². The molecule has 130 valence electrons. The number of hydrogen-bond donors (Lipinski definition) is 3. The van der Waals surface area contributed by atoms with E-state index < -0.39 is 29.7 Å². The van der Waals surface area contributed by atoms with Gasteiger partial charge < -0.3 is 20.3 Å².